The smallest absolute Gasteiger partial charge is 0.323 e. The Hall–Kier alpha value is -3.46. The van der Waals surface area contributed by atoms with Crippen LogP contribution in [0.25, 0.3) is 22.2 Å². The number of aromatic nitrogens is 2. The SMILES string of the molecule is Cc1nc(-c2cccc3ccccc23)n(CC(=O)O)c(=O)c1C#N. The molecule has 118 valence electrons. The van der Waals surface area contributed by atoms with Crippen LogP contribution in [0.5, 0.6) is 0 Å². The summed E-state index contributed by atoms with van der Waals surface area (Å²) >= 11 is 0. The van der Waals surface area contributed by atoms with Crippen LogP contribution >= 0.6 is 0 Å². The lowest BCUT2D eigenvalue weighted by Crippen LogP contribution is -2.29. The maximum atomic E-state index is 12.5. The quantitative estimate of drug-likeness (QED) is 0.799. The Morgan fingerprint density at radius 3 is 2.67 bits per heavy atom. The number of hydrogen-bond acceptors (Lipinski definition) is 4. The first kappa shape index (κ1) is 15.4. The van der Waals surface area contributed by atoms with Crippen LogP contribution in [-0.2, 0) is 11.3 Å². The van der Waals surface area contributed by atoms with Crippen molar-refractivity contribution in [2.24, 2.45) is 0 Å². The Bertz CT molecular complexity index is 1060. The van der Waals surface area contributed by atoms with E-state index in [-0.39, 0.29) is 17.1 Å². The van der Waals surface area contributed by atoms with Gasteiger partial charge in [0.25, 0.3) is 5.56 Å². The molecule has 0 bridgehead atoms. The van der Waals surface area contributed by atoms with Crippen LogP contribution in [0, 0.1) is 18.3 Å². The molecule has 0 aliphatic heterocycles. The standard InChI is InChI=1S/C18H13N3O3/c1-11-15(9-19)18(24)21(10-16(22)23)17(20-11)14-8-4-6-12-5-2-3-7-13(12)14/h2-8H,10H2,1H3,(H,22,23). The van der Waals surface area contributed by atoms with E-state index < -0.39 is 18.1 Å². The number of aryl methyl sites for hydroxylation is 1. The third-order valence-electron chi connectivity index (χ3n) is 3.79. The average molecular weight is 319 g/mol. The number of hydrogen-bond donors (Lipinski definition) is 1. The molecule has 24 heavy (non-hydrogen) atoms. The molecule has 3 rings (SSSR count). The number of carbonyl (C=O) groups is 1. The Morgan fingerprint density at radius 1 is 1.25 bits per heavy atom. The maximum absolute atomic E-state index is 12.5. The first-order valence-electron chi connectivity index (χ1n) is 7.24. The number of aliphatic carboxylic acids is 1. The van der Waals surface area contributed by atoms with E-state index in [2.05, 4.69) is 4.98 Å². The highest BCUT2D eigenvalue weighted by molar-refractivity contribution is 5.95. The first-order valence-corrected chi connectivity index (χ1v) is 7.24. The molecule has 0 amide bonds. The van der Waals surface area contributed by atoms with E-state index in [0.717, 1.165) is 15.3 Å². The molecule has 0 aliphatic rings. The van der Waals surface area contributed by atoms with E-state index in [1.54, 1.807) is 19.1 Å². The molecule has 0 spiro atoms. The summed E-state index contributed by atoms with van der Waals surface area (Å²) in [5.41, 5.74) is 0.154. The maximum Gasteiger partial charge on any atom is 0.323 e. The van der Waals surface area contributed by atoms with Crippen LogP contribution in [0.1, 0.15) is 11.3 Å². The molecule has 0 radical (unpaired) electrons. The van der Waals surface area contributed by atoms with Gasteiger partial charge in [-0.3, -0.25) is 14.2 Å². The fourth-order valence-corrected chi connectivity index (χ4v) is 2.70. The van der Waals surface area contributed by atoms with Gasteiger partial charge in [0.2, 0.25) is 0 Å². The topological polar surface area (TPSA) is 96.0 Å². The van der Waals surface area contributed by atoms with Gasteiger partial charge in [-0.05, 0) is 17.7 Å². The summed E-state index contributed by atoms with van der Waals surface area (Å²) in [4.78, 5) is 28.1. The van der Waals surface area contributed by atoms with Gasteiger partial charge >= 0.3 is 5.97 Å². The van der Waals surface area contributed by atoms with Crippen molar-refractivity contribution in [2.45, 2.75) is 13.5 Å². The minimum atomic E-state index is -1.17. The minimum absolute atomic E-state index is 0.139. The molecule has 6 nitrogen and oxygen atoms in total. The predicted molar refractivity (Wildman–Crippen MR) is 88.5 cm³/mol. The van der Waals surface area contributed by atoms with E-state index in [4.69, 9.17) is 10.4 Å². The van der Waals surface area contributed by atoms with Crippen molar-refractivity contribution in [3.63, 3.8) is 0 Å². The van der Waals surface area contributed by atoms with Gasteiger partial charge in [0.15, 0.2) is 0 Å². The fourth-order valence-electron chi connectivity index (χ4n) is 2.70. The van der Waals surface area contributed by atoms with Crippen molar-refractivity contribution >= 4 is 16.7 Å². The zero-order valence-corrected chi connectivity index (χ0v) is 12.9. The number of carboxylic acid groups (broad SMARTS) is 1. The van der Waals surface area contributed by atoms with Gasteiger partial charge in [0.05, 0.1) is 5.69 Å². The highest BCUT2D eigenvalue weighted by Gasteiger charge is 2.18. The van der Waals surface area contributed by atoms with Gasteiger partial charge < -0.3 is 5.11 Å². The third-order valence-corrected chi connectivity index (χ3v) is 3.79. The largest absolute Gasteiger partial charge is 0.480 e. The van der Waals surface area contributed by atoms with E-state index >= 15 is 0 Å². The van der Waals surface area contributed by atoms with Crippen molar-refractivity contribution in [1.82, 2.24) is 9.55 Å². The van der Waals surface area contributed by atoms with Crippen LogP contribution in [0.15, 0.2) is 47.3 Å². The van der Waals surface area contributed by atoms with Crippen LogP contribution in [0.3, 0.4) is 0 Å². The number of nitrogens with zero attached hydrogens (tertiary/aromatic N) is 3. The summed E-state index contributed by atoms with van der Waals surface area (Å²) in [6, 6.07) is 14.9. The normalized spacial score (nSPS) is 10.5. The lowest BCUT2D eigenvalue weighted by Gasteiger charge is -2.14. The molecule has 0 saturated heterocycles. The molecule has 1 heterocycles. The van der Waals surface area contributed by atoms with Gasteiger partial charge in [-0.25, -0.2) is 4.98 Å². The van der Waals surface area contributed by atoms with E-state index in [1.807, 2.05) is 36.4 Å². The van der Waals surface area contributed by atoms with Gasteiger partial charge in [-0.1, -0.05) is 42.5 Å². The Labute approximate surface area is 137 Å². The van der Waals surface area contributed by atoms with Crippen LogP contribution in [0.2, 0.25) is 0 Å². The monoisotopic (exact) mass is 319 g/mol. The molecule has 6 heteroatoms. The Morgan fingerprint density at radius 2 is 1.96 bits per heavy atom. The molecule has 0 fully saturated rings. The van der Waals surface area contributed by atoms with Crippen LogP contribution in [0.4, 0.5) is 0 Å². The second-order valence-electron chi connectivity index (χ2n) is 5.32. The van der Waals surface area contributed by atoms with Crippen molar-refractivity contribution in [3.8, 4) is 17.5 Å². The van der Waals surface area contributed by atoms with Crippen molar-refractivity contribution in [1.29, 1.82) is 5.26 Å². The van der Waals surface area contributed by atoms with E-state index in [9.17, 15) is 9.59 Å². The second kappa shape index (κ2) is 5.97. The minimum Gasteiger partial charge on any atom is -0.480 e. The van der Waals surface area contributed by atoms with Crippen molar-refractivity contribution < 1.29 is 9.90 Å². The third kappa shape index (κ3) is 2.52. The van der Waals surface area contributed by atoms with Gasteiger partial charge in [-0.2, -0.15) is 5.26 Å². The number of nitriles is 1. The summed E-state index contributed by atoms with van der Waals surface area (Å²) < 4.78 is 1.04. The summed E-state index contributed by atoms with van der Waals surface area (Å²) in [5, 5.41) is 20.1. The second-order valence-corrected chi connectivity index (χ2v) is 5.32. The van der Waals surface area contributed by atoms with Gasteiger partial charge in [0.1, 0.15) is 24.0 Å². The lowest BCUT2D eigenvalue weighted by atomic mass is 10.0. The fraction of sp³-hybridized carbons (Fsp3) is 0.111. The molecule has 2 aromatic carbocycles. The summed E-state index contributed by atoms with van der Waals surface area (Å²) in [6.45, 7) is 1.01. The highest BCUT2D eigenvalue weighted by Crippen LogP contribution is 2.27. The lowest BCUT2D eigenvalue weighted by molar-refractivity contribution is -0.137. The van der Waals surface area contributed by atoms with Crippen molar-refractivity contribution in [2.75, 3.05) is 0 Å². The molecular formula is C18H13N3O3. The molecule has 0 saturated carbocycles. The first-order chi connectivity index (χ1) is 11.5. The van der Waals surface area contributed by atoms with E-state index in [0.29, 0.717) is 5.56 Å². The highest BCUT2D eigenvalue weighted by atomic mass is 16.4. The molecule has 3 aromatic rings. The molecule has 0 atom stereocenters. The molecule has 0 aliphatic carbocycles. The Kier molecular flexibility index (Phi) is 3.84. The van der Waals surface area contributed by atoms with E-state index in [1.165, 1.54) is 0 Å². The number of fused-ring (bicyclic) bond motifs is 1. The number of rotatable bonds is 3. The van der Waals surface area contributed by atoms with Crippen LogP contribution < -0.4 is 5.56 Å². The zero-order chi connectivity index (χ0) is 17.3. The van der Waals surface area contributed by atoms with Gasteiger partial charge in [-0.15, -0.1) is 0 Å². The molecule has 0 unspecified atom stereocenters. The Balaban J connectivity index is 2.41. The molecule has 1 aromatic heterocycles. The number of carboxylic acids is 1. The summed E-state index contributed by atoms with van der Waals surface area (Å²) in [5.74, 6) is -0.927. The van der Waals surface area contributed by atoms with Crippen molar-refractivity contribution in [3.05, 3.63) is 64.1 Å². The summed E-state index contributed by atoms with van der Waals surface area (Å²) in [7, 11) is 0. The summed E-state index contributed by atoms with van der Waals surface area (Å²) in [6.07, 6.45) is 0. The van der Waals surface area contributed by atoms with Gasteiger partial charge in [0, 0.05) is 5.56 Å². The zero-order valence-electron chi connectivity index (χ0n) is 12.9. The molecule has 1 N–H and O–H groups in total. The van der Waals surface area contributed by atoms with Crippen LogP contribution in [-0.4, -0.2) is 20.6 Å². The average Bonchev–Trinajstić information content (AvgIpc) is 2.57. The predicted octanol–water partition coefficient (Wildman–Crippen LogP) is 2.33. The number of benzene rings is 2. The molecular weight excluding hydrogens is 306 g/mol.